The van der Waals surface area contributed by atoms with Crippen molar-refractivity contribution in [2.75, 3.05) is 12.3 Å². The smallest absolute Gasteiger partial charge is 0.169 e. The number of halogens is 2. The highest BCUT2D eigenvalue weighted by Crippen LogP contribution is 2.36. The predicted octanol–water partition coefficient (Wildman–Crippen LogP) is 4.75. The number of anilines is 1. The molecule has 106 valence electrons. The number of rotatable bonds is 5. The van der Waals surface area contributed by atoms with E-state index in [0.29, 0.717) is 28.3 Å². The summed E-state index contributed by atoms with van der Waals surface area (Å²) >= 11 is 3.08. The fourth-order valence-corrected chi connectivity index (χ4v) is 1.98. The highest BCUT2D eigenvalue weighted by molar-refractivity contribution is 9.10. The number of ether oxygens (including phenoxy) is 2. The highest BCUT2D eigenvalue weighted by atomic mass is 79.9. The number of hydrogen-bond acceptors (Lipinski definition) is 3. The van der Waals surface area contributed by atoms with Gasteiger partial charge in [0.1, 0.15) is 5.82 Å². The summed E-state index contributed by atoms with van der Waals surface area (Å²) in [6.07, 6.45) is 0.892. The van der Waals surface area contributed by atoms with Crippen LogP contribution in [0.2, 0.25) is 0 Å². The van der Waals surface area contributed by atoms with Gasteiger partial charge in [0.05, 0.1) is 16.8 Å². The van der Waals surface area contributed by atoms with Crippen molar-refractivity contribution in [3.63, 3.8) is 0 Å². The summed E-state index contributed by atoms with van der Waals surface area (Å²) in [5.41, 5.74) is 6.18. The quantitative estimate of drug-likeness (QED) is 0.799. The summed E-state index contributed by atoms with van der Waals surface area (Å²) in [6, 6.07) is 9.94. The molecule has 0 aliphatic carbocycles. The second-order valence-corrected chi connectivity index (χ2v) is 5.06. The average molecular weight is 340 g/mol. The summed E-state index contributed by atoms with van der Waals surface area (Å²) < 4.78 is 25.1. The third kappa shape index (κ3) is 3.42. The molecule has 2 rings (SSSR count). The molecule has 20 heavy (non-hydrogen) atoms. The first-order valence-corrected chi connectivity index (χ1v) is 7.05. The molecule has 0 radical (unpaired) electrons. The Morgan fingerprint density at radius 2 is 1.85 bits per heavy atom. The lowest BCUT2D eigenvalue weighted by molar-refractivity contribution is 0.302. The second-order valence-electron chi connectivity index (χ2n) is 4.20. The van der Waals surface area contributed by atoms with E-state index in [4.69, 9.17) is 15.2 Å². The summed E-state index contributed by atoms with van der Waals surface area (Å²) in [5, 5.41) is 0. The van der Waals surface area contributed by atoms with Crippen molar-refractivity contribution in [3.8, 4) is 17.2 Å². The van der Waals surface area contributed by atoms with E-state index in [9.17, 15) is 4.39 Å². The van der Waals surface area contributed by atoms with Gasteiger partial charge in [-0.3, -0.25) is 0 Å². The maximum Gasteiger partial charge on any atom is 0.169 e. The van der Waals surface area contributed by atoms with Gasteiger partial charge in [0, 0.05) is 6.07 Å². The van der Waals surface area contributed by atoms with Crippen LogP contribution in [-0.4, -0.2) is 6.61 Å². The van der Waals surface area contributed by atoms with Crippen LogP contribution >= 0.6 is 15.9 Å². The van der Waals surface area contributed by atoms with Crippen LogP contribution in [0, 0.1) is 5.82 Å². The lowest BCUT2D eigenvalue weighted by Crippen LogP contribution is -1.99. The molecule has 0 aromatic heterocycles. The van der Waals surface area contributed by atoms with Crippen LogP contribution in [0.15, 0.2) is 40.9 Å². The number of nitrogen functional groups attached to an aromatic ring is 1. The van der Waals surface area contributed by atoms with Gasteiger partial charge in [0.15, 0.2) is 17.2 Å². The zero-order valence-electron chi connectivity index (χ0n) is 11.0. The van der Waals surface area contributed by atoms with E-state index in [0.717, 1.165) is 6.42 Å². The zero-order valence-corrected chi connectivity index (χ0v) is 12.6. The van der Waals surface area contributed by atoms with Gasteiger partial charge in [-0.2, -0.15) is 0 Å². The minimum Gasteiger partial charge on any atom is -0.490 e. The molecule has 0 spiro atoms. The fourth-order valence-electron chi connectivity index (χ4n) is 1.62. The largest absolute Gasteiger partial charge is 0.490 e. The van der Waals surface area contributed by atoms with Crippen molar-refractivity contribution in [3.05, 3.63) is 46.7 Å². The normalized spacial score (nSPS) is 10.3. The monoisotopic (exact) mass is 339 g/mol. The molecule has 0 amide bonds. The zero-order chi connectivity index (χ0) is 14.5. The Morgan fingerprint density at radius 1 is 1.15 bits per heavy atom. The molecule has 0 saturated carbocycles. The molecular weight excluding hydrogens is 325 g/mol. The van der Waals surface area contributed by atoms with E-state index >= 15 is 0 Å². The topological polar surface area (TPSA) is 44.5 Å². The maximum absolute atomic E-state index is 13.6. The van der Waals surface area contributed by atoms with E-state index in [1.54, 1.807) is 12.1 Å². The molecule has 2 aromatic rings. The molecule has 0 fully saturated rings. The molecule has 0 unspecified atom stereocenters. The van der Waals surface area contributed by atoms with Crippen LogP contribution in [0.3, 0.4) is 0 Å². The third-order valence-electron chi connectivity index (χ3n) is 2.58. The van der Waals surface area contributed by atoms with Crippen molar-refractivity contribution >= 4 is 21.6 Å². The first-order valence-electron chi connectivity index (χ1n) is 6.26. The maximum atomic E-state index is 13.6. The Balaban J connectivity index is 2.28. The SMILES string of the molecule is CCCOc1ccccc1Oc1cc(F)c(Br)cc1N. The van der Waals surface area contributed by atoms with E-state index < -0.39 is 5.82 Å². The fraction of sp³-hybridized carbons (Fsp3) is 0.200. The van der Waals surface area contributed by atoms with Gasteiger partial charge in [0.25, 0.3) is 0 Å². The van der Waals surface area contributed by atoms with Gasteiger partial charge in [-0.1, -0.05) is 19.1 Å². The number of para-hydroxylation sites is 2. The van der Waals surface area contributed by atoms with E-state index in [-0.39, 0.29) is 5.75 Å². The lowest BCUT2D eigenvalue weighted by atomic mass is 10.2. The minimum absolute atomic E-state index is 0.262. The standard InChI is InChI=1S/C15H15BrFNO2/c1-2-7-19-13-5-3-4-6-14(13)20-15-9-11(17)10(16)8-12(15)18/h3-6,8-9H,2,7,18H2,1H3. The predicted molar refractivity (Wildman–Crippen MR) is 80.8 cm³/mol. The molecule has 2 aromatic carbocycles. The van der Waals surface area contributed by atoms with E-state index in [1.165, 1.54) is 12.1 Å². The Kier molecular flexibility index (Phi) is 4.84. The average Bonchev–Trinajstić information content (AvgIpc) is 2.44. The van der Waals surface area contributed by atoms with Crippen molar-refractivity contribution in [2.24, 2.45) is 0 Å². The summed E-state index contributed by atoms with van der Waals surface area (Å²) in [6.45, 7) is 2.61. The Bertz CT molecular complexity index is 604. The van der Waals surface area contributed by atoms with Crippen molar-refractivity contribution < 1.29 is 13.9 Å². The summed E-state index contributed by atoms with van der Waals surface area (Å²) in [5.74, 6) is 0.950. The van der Waals surface area contributed by atoms with Gasteiger partial charge in [-0.25, -0.2) is 4.39 Å². The van der Waals surface area contributed by atoms with Crippen LogP contribution in [0.5, 0.6) is 17.2 Å². The van der Waals surface area contributed by atoms with Crippen LogP contribution in [0.4, 0.5) is 10.1 Å². The Morgan fingerprint density at radius 3 is 2.55 bits per heavy atom. The number of benzene rings is 2. The Hall–Kier alpha value is -1.75. The van der Waals surface area contributed by atoms with Crippen molar-refractivity contribution in [1.82, 2.24) is 0 Å². The van der Waals surface area contributed by atoms with Crippen molar-refractivity contribution in [2.45, 2.75) is 13.3 Å². The van der Waals surface area contributed by atoms with E-state index in [1.807, 2.05) is 19.1 Å². The first kappa shape index (κ1) is 14.7. The van der Waals surface area contributed by atoms with Gasteiger partial charge in [-0.05, 0) is 40.5 Å². The van der Waals surface area contributed by atoms with Crippen LogP contribution in [-0.2, 0) is 0 Å². The van der Waals surface area contributed by atoms with E-state index in [2.05, 4.69) is 15.9 Å². The summed E-state index contributed by atoms with van der Waals surface area (Å²) in [7, 11) is 0. The molecule has 3 nitrogen and oxygen atoms in total. The molecule has 2 N–H and O–H groups in total. The van der Waals surface area contributed by atoms with Crippen LogP contribution < -0.4 is 15.2 Å². The highest BCUT2D eigenvalue weighted by Gasteiger charge is 2.11. The lowest BCUT2D eigenvalue weighted by Gasteiger charge is -2.13. The summed E-state index contributed by atoms with van der Waals surface area (Å²) in [4.78, 5) is 0. The minimum atomic E-state index is -0.429. The number of hydrogen-bond donors (Lipinski definition) is 1. The molecule has 0 heterocycles. The Labute approximate surface area is 125 Å². The molecule has 0 aliphatic rings. The van der Waals surface area contributed by atoms with Gasteiger partial charge in [-0.15, -0.1) is 0 Å². The van der Waals surface area contributed by atoms with Crippen LogP contribution in [0.1, 0.15) is 13.3 Å². The molecular formula is C15H15BrFNO2. The molecule has 0 atom stereocenters. The molecule has 0 bridgehead atoms. The first-order chi connectivity index (χ1) is 9.61. The van der Waals surface area contributed by atoms with Crippen molar-refractivity contribution in [1.29, 1.82) is 0 Å². The van der Waals surface area contributed by atoms with Gasteiger partial charge in [0.2, 0.25) is 0 Å². The van der Waals surface area contributed by atoms with Crippen LogP contribution in [0.25, 0.3) is 0 Å². The third-order valence-corrected chi connectivity index (χ3v) is 3.19. The molecule has 0 saturated heterocycles. The molecule has 5 heteroatoms. The second kappa shape index (κ2) is 6.61. The number of nitrogens with two attached hydrogens (primary N) is 1. The molecule has 0 aliphatic heterocycles. The van der Waals surface area contributed by atoms with Gasteiger partial charge < -0.3 is 15.2 Å². The van der Waals surface area contributed by atoms with Gasteiger partial charge >= 0.3 is 0 Å².